The molecule has 3 rings (SSSR count). The molecule has 1 aromatic carbocycles. The second kappa shape index (κ2) is 6.92. The van der Waals surface area contributed by atoms with E-state index in [-0.39, 0.29) is 19.3 Å². The van der Waals surface area contributed by atoms with Crippen molar-refractivity contribution in [2.75, 3.05) is 38.3 Å². The highest BCUT2D eigenvalue weighted by molar-refractivity contribution is 6.67. The first kappa shape index (κ1) is 15.7. The van der Waals surface area contributed by atoms with Crippen LogP contribution in [0.5, 0.6) is 5.75 Å². The quantitative estimate of drug-likeness (QED) is 0.468. The molecule has 1 fully saturated rings. The van der Waals surface area contributed by atoms with Gasteiger partial charge in [-0.2, -0.15) is 0 Å². The molecule has 1 aromatic rings. The van der Waals surface area contributed by atoms with Gasteiger partial charge in [-0.05, 0) is 24.8 Å². The molecule has 0 unspecified atom stereocenters. The fraction of sp³-hybridized carbons (Fsp3) is 0.500. The maximum atomic E-state index is 11.8. The Morgan fingerprint density at radius 2 is 2.13 bits per heavy atom. The van der Waals surface area contributed by atoms with E-state index in [9.17, 15) is 4.79 Å². The van der Waals surface area contributed by atoms with Gasteiger partial charge in [0, 0.05) is 31.7 Å². The molecule has 0 atom stereocenters. The number of nitrogens with zero attached hydrogens (tertiary/aromatic N) is 2. The number of carbonyl (C=O) groups is 1. The van der Waals surface area contributed by atoms with Crippen molar-refractivity contribution in [2.24, 2.45) is 0 Å². The Morgan fingerprint density at radius 1 is 1.35 bits per heavy atom. The smallest absolute Gasteiger partial charge is 0.339 e. The van der Waals surface area contributed by atoms with Crippen molar-refractivity contribution in [1.29, 1.82) is 5.26 Å². The lowest BCUT2D eigenvalue weighted by Gasteiger charge is -2.31. The zero-order valence-corrected chi connectivity index (χ0v) is 13.2. The summed E-state index contributed by atoms with van der Waals surface area (Å²) in [5, 5.41) is 9.04. The molecule has 0 saturated carbocycles. The summed E-state index contributed by atoms with van der Waals surface area (Å²) in [5.74, 6) is 2.75. The number of hydrogen-bond donors (Lipinski definition) is 0. The molecule has 1 saturated heterocycles. The number of rotatable bonds is 5. The zero-order chi connectivity index (χ0) is 16.2. The number of benzene rings is 1. The van der Waals surface area contributed by atoms with Crippen molar-refractivity contribution in [3.63, 3.8) is 0 Å². The first-order valence-corrected chi connectivity index (χ1v) is 7.84. The summed E-state index contributed by atoms with van der Waals surface area (Å²) >= 11 is 0. The third-order valence-corrected chi connectivity index (χ3v) is 4.36. The number of cyclic esters (lactones) is 1. The molecule has 0 aliphatic carbocycles. The standard InChI is InChI=1S/C16H19BN2O4/c1-21-8-9-22-15-13-10-23-16(20)12(13)2-3-14(15)19-6-4-17(11-18)5-7-19/h2-3H,4-10H2,1H3. The van der Waals surface area contributed by atoms with E-state index in [0.717, 1.165) is 37.0 Å². The molecule has 6 nitrogen and oxygen atoms in total. The van der Waals surface area contributed by atoms with Gasteiger partial charge < -0.3 is 19.1 Å². The summed E-state index contributed by atoms with van der Waals surface area (Å²) in [4.78, 5) is 14.0. The van der Waals surface area contributed by atoms with Crippen molar-refractivity contribution in [3.8, 4) is 11.7 Å². The minimum Gasteiger partial charge on any atom is -0.489 e. The molecule has 0 aromatic heterocycles. The number of esters is 1. The highest BCUT2D eigenvalue weighted by Crippen LogP contribution is 2.39. The molecule has 0 spiro atoms. The molecule has 7 heteroatoms. The van der Waals surface area contributed by atoms with Crippen LogP contribution < -0.4 is 9.64 Å². The van der Waals surface area contributed by atoms with E-state index < -0.39 is 0 Å². The molecule has 0 bridgehead atoms. The summed E-state index contributed by atoms with van der Waals surface area (Å²) in [6, 6.07) is 3.72. The van der Waals surface area contributed by atoms with Crippen LogP contribution in [0.2, 0.25) is 12.6 Å². The van der Waals surface area contributed by atoms with E-state index in [2.05, 4.69) is 10.9 Å². The number of fused-ring (bicyclic) bond motifs is 1. The summed E-state index contributed by atoms with van der Waals surface area (Å²) in [6.45, 7) is 2.90. The van der Waals surface area contributed by atoms with Gasteiger partial charge >= 0.3 is 5.97 Å². The van der Waals surface area contributed by atoms with Crippen LogP contribution in [0.4, 0.5) is 5.69 Å². The van der Waals surface area contributed by atoms with Crippen LogP contribution in [0.3, 0.4) is 0 Å². The van der Waals surface area contributed by atoms with E-state index in [1.807, 2.05) is 6.07 Å². The van der Waals surface area contributed by atoms with E-state index in [1.54, 1.807) is 13.2 Å². The highest BCUT2D eigenvalue weighted by atomic mass is 16.5. The van der Waals surface area contributed by atoms with Crippen molar-refractivity contribution < 1.29 is 19.0 Å². The van der Waals surface area contributed by atoms with Gasteiger partial charge in [-0.1, -0.05) is 0 Å². The SMILES string of the molecule is COCCOc1c(N2CCB(C#N)CC2)ccc2c1COC2=O. The normalized spacial score (nSPS) is 16.8. The summed E-state index contributed by atoms with van der Waals surface area (Å²) in [7, 11) is 1.62. The van der Waals surface area contributed by atoms with Gasteiger partial charge in [0.2, 0.25) is 0 Å². The Morgan fingerprint density at radius 3 is 2.83 bits per heavy atom. The molecule has 23 heavy (non-hydrogen) atoms. The van der Waals surface area contributed by atoms with Gasteiger partial charge in [0.15, 0.2) is 0 Å². The number of carbonyl (C=O) groups excluding carboxylic acids is 1. The van der Waals surface area contributed by atoms with Crippen molar-refractivity contribution in [3.05, 3.63) is 23.3 Å². The fourth-order valence-electron chi connectivity index (χ4n) is 3.05. The third-order valence-electron chi connectivity index (χ3n) is 4.36. The van der Waals surface area contributed by atoms with Gasteiger partial charge in [-0.25, -0.2) is 10.1 Å². The average molecular weight is 314 g/mol. The number of anilines is 1. The molecule has 0 N–H and O–H groups in total. The predicted molar refractivity (Wildman–Crippen MR) is 86.1 cm³/mol. The van der Waals surface area contributed by atoms with Gasteiger partial charge in [-0.15, -0.1) is 0 Å². The Hall–Kier alpha value is -2.20. The molecule has 2 heterocycles. The maximum absolute atomic E-state index is 11.8. The summed E-state index contributed by atoms with van der Waals surface area (Å²) in [5.41, 5.74) is 2.36. The van der Waals surface area contributed by atoms with E-state index in [1.165, 1.54) is 0 Å². The monoisotopic (exact) mass is 314 g/mol. The van der Waals surface area contributed by atoms with Crippen LogP contribution in [-0.2, 0) is 16.1 Å². The minimum atomic E-state index is -0.300. The van der Waals surface area contributed by atoms with E-state index in [4.69, 9.17) is 19.5 Å². The molecular formula is C16H19BN2O4. The number of methoxy groups -OCH3 is 1. The van der Waals surface area contributed by atoms with Gasteiger partial charge in [0.05, 0.1) is 17.9 Å². The molecule has 2 aliphatic heterocycles. The fourth-order valence-corrected chi connectivity index (χ4v) is 3.05. The van der Waals surface area contributed by atoms with Crippen LogP contribution in [0.15, 0.2) is 12.1 Å². The highest BCUT2D eigenvalue weighted by Gasteiger charge is 2.30. The average Bonchev–Trinajstić information content (AvgIpc) is 2.97. The van der Waals surface area contributed by atoms with Crippen molar-refractivity contribution in [2.45, 2.75) is 19.2 Å². The van der Waals surface area contributed by atoms with E-state index >= 15 is 0 Å². The number of hydrogen-bond acceptors (Lipinski definition) is 6. The Kier molecular flexibility index (Phi) is 4.72. The first-order chi connectivity index (χ1) is 11.2. The first-order valence-electron chi connectivity index (χ1n) is 7.84. The minimum absolute atomic E-state index is 0.128. The third kappa shape index (κ3) is 3.13. The van der Waals surface area contributed by atoms with Crippen molar-refractivity contribution >= 4 is 18.4 Å². The van der Waals surface area contributed by atoms with Crippen molar-refractivity contribution in [1.82, 2.24) is 0 Å². The van der Waals surface area contributed by atoms with Gasteiger partial charge in [0.1, 0.15) is 19.0 Å². The van der Waals surface area contributed by atoms with Crippen LogP contribution in [0.1, 0.15) is 15.9 Å². The second-order valence-electron chi connectivity index (χ2n) is 5.75. The lowest BCUT2D eigenvalue weighted by atomic mass is 9.45. The van der Waals surface area contributed by atoms with Crippen LogP contribution in [0.25, 0.3) is 0 Å². The summed E-state index contributed by atoms with van der Waals surface area (Å²) in [6.07, 6.45) is 1.70. The molecule has 2 aliphatic rings. The second-order valence-corrected chi connectivity index (χ2v) is 5.75. The lowest BCUT2D eigenvalue weighted by Crippen LogP contribution is -2.36. The zero-order valence-electron chi connectivity index (χ0n) is 13.2. The Labute approximate surface area is 136 Å². The van der Waals surface area contributed by atoms with Crippen LogP contribution in [0, 0.1) is 11.2 Å². The molecule has 0 radical (unpaired) electrons. The molecule has 120 valence electrons. The van der Waals surface area contributed by atoms with Crippen LogP contribution in [-0.4, -0.2) is 46.1 Å². The van der Waals surface area contributed by atoms with Gasteiger partial charge in [0.25, 0.3) is 6.71 Å². The number of ether oxygens (including phenoxy) is 3. The molecule has 0 amide bonds. The Bertz CT molecular complexity index is 636. The number of nitriles is 1. The van der Waals surface area contributed by atoms with E-state index in [0.29, 0.717) is 24.5 Å². The lowest BCUT2D eigenvalue weighted by molar-refractivity contribution is 0.0533. The van der Waals surface area contributed by atoms with Gasteiger partial charge in [-0.3, -0.25) is 0 Å². The molecular weight excluding hydrogens is 295 g/mol. The Balaban J connectivity index is 1.87. The largest absolute Gasteiger partial charge is 0.489 e. The summed E-state index contributed by atoms with van der Waals surface area (Å²) < 4.78 is 16.1. The maximum Gasteiger partial charge on any atom is 0.339 e. The van der Waals surface area contributed by atoms with Crippen LogP contribution >= 0.6 is 0 Å². The predicted octanol–water partition coefficient (Wildman–Crippen LogP) is 1.76. The topological polar surface area (TPSA) is 71.8 Å².